The standard InChI is InChI=1S/C22H27N3O2/c1-17-8-9-18(2)20(14-17)22(27)25-12-10-24(11-13-25)16-21(26)23-15-19-6-4-3-5-7-19/h3-9,14H,10-13,15-16H2,1-2H3,(H,23,26). The molecule has 1 N–H and O–H groups in total. The third-order valence-electron chi connectivity index (χ3n) is 4.98. The van der Waals surface area contributed by atoms with Crippen LogP contribution in [0.25, 0.3) is 0 Å². The molecule has 1 aliphatic rings. The molecule has 2 aromatic carbocycles. The Morgan fingerprint density at radius 3 is 2.37 bits per heavy atom. The van der Waals surface area contributed by atoms with E-state index in [1.54, 1.807) is 0 Å². The largest absolute Gasteiger partial charge is 0.351 e. The van der Waals surface area contributed by atoms with Gasteiger partial charge in [-0.25, -0.2) is 0 Å². The van der Waals surface area contributed by atoms with Gasteiger partial charge in [0.05, 0.1) is 6.54 Å². The number of aryl methyl sites for hydroxylation is 2. The van der Waals surface area contributed by atoms with E-state index in [0.717, 1.165) is 35.3 Å². The predicted molar refractivity (Wildman–Crippen MR) is 107 cm³/mol. The molecule has 0 aromatic heterocycles. The number of carbonyl (C=O) groups is 2. The van der Waals surface area contributed by atoms with E-state index in [1.807, 2.05) is 67.3 Å². The van der Waals surface area contributed by atoms with Crippen LogP contribution in [0.1, 0.15) is 27.0 Å². The van der Waals surface area contributed by atoms with Crippen molar-refractivity contribution < 1.29 is 9.59 Å². The second kappa shape index (κ2) is 8.82. The van der Waals surface area contributed by atoms with Gasteiger partial charge in [-0.2, -0.15) is 0 Å². The quantitative estimate of drug-likeness (QED) is 0.885. The third kappa shape index (κ3) is 5.17. The lowest BCUT2D eigenvalue weighted by atomic mass is 10.0. The third-order valence-corrected chi connectivity index (χ3v) is 4.98. The number of hydrogen-bond acceptors (Lipinski definition) is 3. The summed E-state index contributed by atoms with van der Waals surface area (Å²) in [6, 6.07) is 15.9. The minimum absolute atomic E-state index is 0.0214. The fourth-order valence-electron chi connectivity index (χ4n) is 3.30. The molecule has 0 bridgehead atoms. The van der Waals surface area contributed by atoms with Crippen molar-refractivity contribution in [1.29, 1.82) is 0 Å². The average molecular weight is 365 g/mol. The van der Waals surface area contributed by atoms with Crippen molar-refractivity contribution >= 4 is 11.8 Å². The van der Waals surface area contributed by atoms with E-state index in [9.17, 15) is 9.59 Å². The van der Waals surface area contributed by atoms with Gasteiger partial charge in [0, 0.05) is 38.3 Å². The molecule has 0 atom stereocenters. The first kappa shape index (κ1) is 19.1. The Morgan fingerprint density at radius 2 is 1.67 bits per heavy atom. The van der Waals surface area contributed by atoms with Crippen LogP contribution in [0.5, 0.6) is 0 Å². The van der Waals surface area contributed by atoms with Crippen molar-refractivity contribution in [2.45, 2.75) is 20.4 Å². The van der Waals surface area contributed by atoms with Crippen LogP contribution in [-0.4, -0.2) is 54.3 Å². The molecule has 0 radical (unpaired) electrons. The van der Waals surface area contributed by atoms with Gasteiger partial charge < -0.3 is 10.2 Å². The molecule has 0 saturated carbocycles. The van der Waals surface area contributed by atoms with Gasteiger partial charge in [0.1, 0.15) is 0 Å². The average Bonchev–Trinajstić information content (AvgIpc) is 2.69. The van der Waals surface area contributed by atoms with Gasteiger partial charge in [0.25, 0.3) is 5.91 Å². The minimum atomic E-state index is 0.0214. The Morgan fingerprint density at radius 1 is 0.963 bits per heavy atom. The van der Waals surface area contributed by atoms with Crippen LogP contribution in [0.15, 0.2) is 48.5 Å². The van der Waals surface area contributed by atoms with Crippen LogP contribution in [0.2, 0.25) is 0 Å². The molecule has 5 heteroatoms. The zero-order chi connectivity index (χ0) is 19.2. The summed E-state index contributed by atoms with van der Waals surface area (Å²) in [7, 11) is 0. The Kier molecular flexibility index (Phi) is 6.24. The van der Waals surface area contributed by atoms with Crippen LogP contribution in [0, 0.1) is 13.8 Å². The SMILES string of the molecule is Cc1ccc(C)c(C(=O)N2CCN(CC(=O)NCc3ccccc3)CC2)c1. The van der Waals surface area contributed by atoms with Crippen molar-refractivity contribution in [3.8, 4) is 0 Å². The van der Waals surface area contributed by atoms with Gasteiger partial charge >= 0.3 is 0 Å². The lowest BCUT2D eigenvalue weighted by molar-refractivity contribution is -0.122. The molecule has 1 saturated heterocycles. The molecule has 142 valence electrons. The summed E-state index contributed by atoms with van der Waals surface area (Å²) in [5, 5.41) is 2.96. The van der Waals surface area contributed by atoms with Crippen molar-refractivity contribution in [2.75, 3.05) is 32.7 Å². The molecule has 2 amide bonds. The second-order valence-electron chi connectivity index (χ2n) is 7.15. The molecule has 1 aliphatic heterocycles. The molecule has 1 heterocycles. The molecule has 0 aliphatic carbocycles. The number of piperazine rings is 1. The maximum Gasteiger partial charge on any atom is 0.254 e. The summed E-state index contributed by atoms with van der Waals surface area (Å²) in [6.07, 6.45) is 0. The van der Waals surface area contributed by atoms with Gasteiger partial charge in [-0.05, 0) is 31.0 Å². The highest BCUT2D eigenvalue weighted by Crippen LogP contribution is 2.15. The number of nitrogens with one attached hydrogen (secondary N) is 1. The van der Waals surface area contributed by atoms with Gasteiger partial charge in [0.2, 0.25) is 5.91 Å². The Balaban J connectivity index is 1.46. The van der Waals surface area contributed by atoms with Gasteiger partial charge in [-0.3, -0.25) is 14.5 Å². The Labute approximate surface area is 161 Å². The highest BCUT2D eigenvalue weighted by Gasteiger charge is 2.24. The zero-order valence-electron chi connectivity index (χ0n) is 16.1. The molecular weight excluding hydrogens is 338 g/mol. The van der Waals surface area contributed by atoms with Crippen molar-refractivity contribution in [3.63, 3.8) is 0 Å². The fraction of sp³-hybridized carbons (Fsp3) is 0.364. The summed E-state index contributed by atoms with van der Waals surface area (Å²) in [5.74, 6) is 0.109. The van der Waals surface area contributed by atoms with E-state index in [-0.39, 0.29) is 11.8 Å². The van der Waals surface area contributed by atoms with Crippen LogP contribution in [0.3, 0.4) is 0 Å². The summed E-state index contributed by atoms with van der Waals surface area (Å²) >= 11 is 0. The number of rotatable bonds is 5. The molecule has 2 aromatic rings. The number of amides is 2. The van der Waals surface area contributed by atoms with Crippen molar-refractivity contribution in [3.05, 3.63) is 70.8 Å². The number of benzene rings is 2. The zero-order valence-corrected chi connectivity index (χ0v) is 16.1. The van der Waals surface area contributed by atoms with E-state index in [0.29, 0.717) is 26.2 Å². The summed E-state index contributed by atoms with van der Waals surface area (Å²) < 4.78 is 0. The van der Waals surface area contributed by atoms with Crippen molar-refractivity contribution in [2.24, 2.45) is 0 Å². The van der Waals surface area contributed by atoms with E-state index >= 15 is 0 Å². The van der Waals surface area contributed by atoms with Gasteiger partial charge in [-0.15, -0.1) is 0 Å². The number of nitrogens with zero attached hydrogens (tertiary/aromatic N) is 2. The molecular formula is C22H27N3O2. The predicted octanol–water partition coefficient (Wildman–Crippen LogP) is 2.38. The smallest absolute Gasteiger partial charge is 0.254 e. The first-order valence-corrected chi connectivity index (χ1v) is 9.42. The van der Waals surface area contributed by atoms with Crippen LogP contribution in [0.4, 0.5) is 0 Å². The summed E-state index contributed by atoms with van der Waals surface area (Å²) in [5.41, 5.74) is 3.98. The monoisotopic (exact) mass is 365 g/mol. The molecule has 27 heavy (non-hydrogen) atoms. The maximum atomic E-state index is 12.8. The normalized spacial score (nSPS) is 14.8. The fourth-order valence-corrected chi connectivity index (χ4v) is 3.30. The van der Waals surface area contributed by atoms with E-state index in [4.69, 9.17) is 0 Å². The lowest BCUT2D eigenvalue weighted by Gasteiger charge is -2.34. The topological polar surface area (TPSA) is 52.7 Å². The first-order chi connectivity index (χ1) is 13.0. The first-order valence-electron chi connectivity index (χ1n) is 9.42. The highest BCUT2D eigenvalue weighted by atomic mass is 16.2. The van der Waals surface area contributed by atoms with Crippen LogP contribution >= 0.6 is 0 Å². The highest BCUT2D eigenvalue weighted by molar-refractivity contribution is 5.96. The summed E-state index contributed by atoms with van der Waals surface area (Å²) in [4.78, 5) is 29.0. The molecule has 0 spiro atoms. The van der Waals surface area contributed by atoms with E-state index in [2.05, 4.69) is 10.2 Å². The van der Waals surface area contributed by atoms with E-state index < -0.39 is 0 Å². The summed E-state index contributed by atoms with van der Waals surface area (Å²) in [6.45, 7) is 7.63. The van der Waals surface area contributed by atoms with E-state index in [1.165, 1.54) is 0 Å². The van der Waals surface area contributed by atoms with Gasteiger partial charge in [0.15, 0.2) is 0 Å². The molecule has 1 fully saturated rings. The maximum absolute atomic E-state index is 12.8. The number of carbonyl (C=O) groups excluding carboxylic acids is 2. The Hall–Kier alpha value is -2.66. The van der Waals surface area contributed by atoms with Crippen LogP contribution in [-0.2, 0) is 11.3 Å². The Bertz CT molecular complexity index is 796. The molecule has 0 unspecified atom stereocenters. The lowest BCUT2D eigenvalue weighted by Crippen LogP contribution is -2.51. The molecule has 3 rings (SSSR count). The minimum Gasteiger partial charge on any atom is -0.351 e. The van der Waals surface area contributed by atoms with Crippen LogP contribution < -0.4 is 5.32 Å². The second-order valence-corrected chi connectivity index (χ2v) is 7.15. The number of hydrogen-bond donors (Lipinski definition) is 1. The molecule has 5 nitrogen and oxygen atoms in total. The van der Waals surface area contributed by atoms with Gasteiger partial charge in [-0.1, -0.05) is 48.0 Å². The van der Waals surface area contributed by atoms with Crippen molar-refractivity contribution in [1.82, 2.24) is 15.1 Å².